The van der Waals surface area contributed by atoms with Crippen molar-refractivity contribution in [2.75, 3.05) is 13.2 Å². The van der Waals surface area contributed by atoms with Crippen molar-refractivity contribution in [2.45, 2.75) is 70.4 Å². The van der Waals surface area contributed by atoms with Crippen molar-refractivity contribution in [3.63, 3.8) is 0 Å². The topological polar surface area (TPSA) is 64.4 Å². The molecule has 20 heavy (non-hydrogen) atoms. The molecule has 1 amide bonds. The monoisotopic (exact) mass is 282 g/mol. The number of nitrogens with one attached hydrogen (secondary N) is 1. The smallest absolute Gasteiger partial charge is 0.220 e. The third-order valence-corrected chi connectivity index (χ3v) is 5.03. The third kappa shape index (κ3) is 5.06. The van der Waals surface area contributed by atoms with Gasteiger partial charge in [-0.25, -0.2) is 0 Å². The highest BCUT2D eigenvalue weighted by atomic mass is 16.5. The van der Waals surface area contributed by atoms with Crippen molar-refractivity contribution < 1.29 is 9.53 Å². The second-order valence-corrected chi connectivity index (χ2v) is 6.63. The minimum absolute atomic E-state index is 0.221. The molecule has 0 spiro atoms. The molecule has 4 nitrogen and oxygen atoms in total. The van der Waals surface area contributed by atoms with Crippen molar-refractivity contribution in [1.29, 1.82) is 0 Å². The lowest BCUT2D eigenvalue weighted by atomic mass is 9.83. The largest absolute Gasteiger partial charge is 0.381 e. The Morgan fingerprint density at radius 1 is 1.20 bits per heavy atom. The lowest BCUT2D eigenvalue weighted by molar-refractivity contribution is -0.122. The second-order valence-electron chi connectivity index (χ2n) is 6.63. The molecule has 0 bridgehead atoms. The quantitative estimate of drug-likeness (QED) is 0.812. The van der Waals surface area contributed by atoms with Crippen LogP contribution in [0.5, 0.6) is 0 Å². The van der Waals surface area contributed by atoms with Crippen molar-refractivity contribution in [3.05, 3.63) is 0 Å². The van der Waals surface area contributed by atoms with Gasteiger partial charge in [-0.15, -0.1) is 0 Å². The molecule has 2 fully saturated rings. The van der Waals surface area contributed by atoms with E-state index in [1.807, 2.05) is 0 Å². The van der Waals surface area contributed by atoms with E-state index in [4.69, 9.17) is 10.5 Å². The van der Waals surface area contributed by atoms with Gasteiger partial charge in [-0.1, -0.05) is 0 Å². The highest BCUT2D eigenvalue weighted by molar-refractivity contribution is 5.76. The molecule has 0 aromatic rings. The Kier molecular flexibility index (Phi) is 6.30. The summed E-state index contributed by atoms with van der Waals surface area (Å²) in [5.41, 5.74) is 5.91. The van der Waals surface area contributed by atoms with Gasteiger partial charge in [0.2, 0.25) is 5.91 Å². The Balaban J connectivity index is 1.62. The summed E-state index contributed by atoms with van der Waals surface area (Å²) in [5, 5.41) is 3.18. The zero-order valence-corrected chi connectivity index (χ0v) is 12.8. The Hall–Kier alpha value is -0.610. The van der Waals surface area contributed by atoms with Gasteiger partial charge in [-0.3, -0.25) is 4.79 Å². The first-order valence-corrected chi connectivity index (χ1v) is 8.28. The molecule has 1 saturated carbocycles. The predicted molar refractivity (Wildman–Crippen MR) is 80.3 cm³/mol. The zero-order chi connectivity index (χ0) is 14.4. The van der Waals surface area contributed by atoms with Gasteiger partial charge < -0.3 is 15.8 Å². The van der Waals surface area contributed by atoms with Crippen LogP contribution in [0.2, 0.25) is 0 Å². The molecular formula is C16H30N2O2. The van der Waals surface area contributed by atoms with Crippen molar-refractivity contribution in [2.24, 2.45) is 17.6 Å². The van der Waals surface area contributed by atoms with E-state index in [-0.39, 0.29) is 11.9 Å². The number of carbonyl (C=O) groups excluding carboxylic acids is 1. The predicted octanol–water partition coefficient (Wildman–Crippen LogP) is 2.22. The molecule has 2 rings (SSSR count). The summed E-state index contributed by atoms with van der Waals surface area (Å²) in [6.45, 7) is 3.81. The lowest BCUT2D eigenvalue weighted by Gasteiger charge is -2.29. The molecule has 2 aliphatic rings. The minimum atomic E-state index is 0.221. The van der Waals surface area contributed by atoms with Crippen LogP contribution >= 0.6 is 0 Å². The number of amides is 1. The molecule has 0 radical (unpaired) electrons. The summed E-state index contributed by atoms with van der Waals surface area (Å²) in [5.74, 6) is 1.51. The van der Waals surface area contributed by atoms with Crippen LogP contribution in [0.1, 0.15) is 58.3 Å². The molecule has 1 aliphatic heterocycles. The highest BCUT2D eigenvalue weighted by Gasteiger charge is 2.23. The maximum atomic E-state index is 12.0. The SMILES string of the molecule is CC(NC(=O)CCC1CCC(N)CC1)C1CCOCC1. The molecule has 1 heterocycles. The zero-order valence-electron chi connectivity index (χ0n) is 12.8. The van der Waals surface area contributed by atoms with Gasteiger partial charge in [0.1, 0.15) is 0 Å². The summed E-state index contributed by atoms with van der Waals surface area (Å²) in [6.07, 6.45) is 8.50. The van der Waals surface area contributed by atoms with Crippen LogP contribution in [-0.4, -0.2) is 31.2 Å². The number of hydrogen-bond acceptors (Lipinski definition) is 3. The van der Waals surface area contributed by atoms with E-state index in [0.29, 0.717) is 24.3 Å². The summed E-state index contributed by atoms with van der Waals surface area (Å²) >= 11 is 0. The van der Waals surface area contributed by atoms with E-state index in [1.54, 1.807) is 0 Å². The third-order valence-electron chi connectivity index (χ3n) is 5.03. The van der Waals surface area contributed by atoms with Gasteiger partial charge in [0.15, 0.2) is 0 Å². The average molecular weight is 282 g/mol. The van der Waals surface area contributed by atoms with Crippen LogP contribution in [0.15, 0.2) is 0 Å². The van der Waals surface area contributed by atoms with Crippen molar-refractivity contribution in [3.8, 4) is 0 Å². The summed E-state index contributed by atoms with van der Waals surface area (Å²) in [4.78, 5) is 12.0. The maximum Gasteiger partial charge on any atom is 0.220 e. The van der Waals surface area contributed by atoms with Crippen LogP contribution in [0.25, 0.3) is 0 Å². The molecular weight excluding hydrogens is 252 g/mol. The van der Waals surface area contributed by atoms with E-state index in [2.05, 4.69) is 12.2 Å². The fourth-order valence-electron chi connectivity index (χ4n) is 3.47. The fourth-order valence-corrected chi connectivity index (χ4v) is 3.47. The Labute approximate surface area is 122 Å². The summed E-state index contributed by atoms with van der Waals surface area (Å²) < 4.78 is 5.37. The number of nitrogens with two attached hydrogens (primary N) is 1. The lowest BCUT2D eigenvalue weighted by Crippen LogP contribution is -2.40. The normalized spacial score (nSPS) is 29.9. The molecule has 0 aromatic carbocycles. The number of carbonyl (C=O) groups is 1. The first-order chi connectivity index (χ1) is 9.65. The first kappa shape index (κ1) is 15.8. The van der Waals surface area contributed by atoms with Crippen molar-refractivity contribution in [1.82, 2.24) is 5.32 Å². The second kappa shape index (κ2) is 7.99. The number of ether oxygens (including phenoxy) is 1. The fraction of sp³-hybridized carbons (Fsp3) is 0.938. The van der Waals surface area contributed by atoms with Crippen molar-refractivity contribution >= 4 is 5.91 Å². The van der Waals surface area contributed by atoms with Crippen LogP contribution in [0.4, 0.5) is 0 Å². The van der Waals surface area contributed by atoms with Crippen LogP contribution < -0.4 is 11.1 Å². The van der Waals surface area contributed by atoms with Gasteiger partial charge in [0.05, 0.1) is 0 Å². The van der Waals surface area contributed by atoms with E-state index in [0.717, 1.165) is 45.3 Å². The average Bonchev–Trinajstić information content (AvgIpc) is 2.47. The number of rotatable bonds is 5. The molecule has 1 saturated heterocycles. The standard InChI is InChI=1S/C16H30N2O2/c1-12(14-8-10-20-11-9-14)18-16(19)7-4-13-2-5-15(17)6-3-13/h12-15H,2-11,17H2,1H3,(H,18,19). The maximum absolute atomic E-state index is 12.0. The van der Waals surface area contributed by atoms with E-state index < -0.39 is 0 Å². The van der Waals surface area contributed by atoms with Gasteiger partial charge in [-0.05, 0) is 63.7 Å². The molecule has 0 aromatic heterocycles. The molecule has 1 aliphatic carbocycles. The van der Waals surface area contributed by atoms with Crippen LogP contribution in [0, 0.1) is 11.8 Å². The first-order valence-electron chi connectivity index (χ1n) is 8.28. The number of hydrogen-bond donors (Lipinski definition) is 2. The van der Waals surface area contributed by atoms with E-state index in [1.165, 1.54) is 12.8 Å². The van der Waals surface area contributed by atoms with Crippen LogP contribution in [0.3, 0.4) is 0 Å². The van der Waals surface area contributed by atoms with Gasteiger partial charge in [0.25, 0.3) is 0 Å². The van der Waals surface area contributed by atoms with E-state index in [9.17, 15) is 4.79 Å². The minimum Gasteiger partial charge on any atom is -0.381 e. The van der Waals surface area contributed by atoms with Gasteiger partial charge in [0, 0.05) is 31.7 Å². The molecule has 1 atom stereocenters. The highest BCUT2D eigenvalue weighted by Crippen LogP contribution is 2.27. The molecule has 1 unspecified atom stereocenters. The molecule has 4 heteroatoms. The van der Waals surface area contributed by atoms with Crippen LogP contribution in [-0.2, 0) is 9.53 Å². The van der Waals surface area contributed by atoms with Gasteiger partial charge in [-0.2, -0.15) is 0 Å². The molecule has 116 valence electrons. The summed E-state index contributed by atoms with van der Waals surface area (Å²) in [7, 11) is 0. The summed E-state index contributed by atoms with van der Waals surface area (Å²) in [6, 6.07) is 0.680. The van der Waals surface area contributed by atoms with E-state index >= 15 is 0 Å². The van der Waals surface area contributed by atoms with Gasteiger partial charge >= 0.3 is 0 Å². The Bertz CT molecular complexity index is 295. The molecule has 3 N–H and O–H groups in total. The Morgan fingerprint density at radius 2 is 1.85 bits per heavy atom. The Morgan fingerprint density at radius 3 is 2.50 bits per heavy atom.